The van der Waals surface area contributed by atoms with E-state index in [0.29, 0.717) is 19.4 Å². The topological polar surface area (TPSA) is 26.3 Å². The van der Waals surface area contributed by atoms with E-state index in [1.54, 1.807) is 0 Å². The monoisotopic (exact) mass is 388 g/mol. The average Bonchev–Trinajstić information content (AvgIpc) is 2.61. The zero-order chi connectivity index (χ0) is 17.3. The highest BCUT2D eigenvalue weighted by Crippen LogP contribution is 2.35. The van der Waals surface area contributed by atoms with Gasteiger partial charge in [0.15, 0.2) is 0 Å². The molecule has 0 aliphatic rings. The SMILES string of the molecule is CCOC(=O)C(CCCBr)(Cc1ccccc1)Cc1ccccc1. The summed E-state index contributed by atoms with van der Waals surface area (Å²) in [6, 6.07) is 20.5. The molecule has 24 heavy (non-hydrogen) atoms. The van der Waals surface area contributed by atoms with Crippen molar-refractivity contribution in [3.05, 3.63) is 71.8 Å². The normalized spacial score (nSPS) is 11.2. The molecular weight excluding hydrogens is 364 g/mol. The standard InChI is InChI=1S/C21H25BrO2/c1-2-24-20(23)21(14-9-15-22,16-18-10-5-3-6-11-18)17-19-12-7-4-8-13-19/h3-8,10-13H,2,9,14-17H2,1H3. The number of rotatable bonds is 9. The van der Waals surface area contributed by atoms with E-state index >= 15 is 0 Å². The lowest BCUT2D eigenvalue weighted by Gasteiger charge is -2.32. The second-order valence-electron chi connectivity index (χ2n) is 6.12. The highest BCUT2D eigenvalue weighted by atomic mass is 79.9. The van der Waals surface area contributed by atoms with Crippen molar-refractivity contribution < 1.29 is 9.53 Å². The van der Waals surface area contributed by atoms with Crippen LogP contribution in [0.1, 0.15) is 30.9 Å². The molecule has 2 aromatic carbocycles. The molecule has 0 bridgehead atoms. The van der Waals surface area contributed by atoms with Crippen LogP contribution in [0.5, 0.6) is 0 Å². The quantitative estimate of drug-likeness (QED) is 0.436. The van der Waals surface area contributed by atoms with Gasteiger partial charge < -0.3 is 4.74 Å². The van der Waals surface area contributed by atoms with Crippen LogP contribution in [0.3, 0.4) is 0 Å². The van der Waals surface area contributed by atoms with Crippen LogP contribution in [0.15, 0.2) is 60.7 Å². The highest BCUT2D eigenvalue weighted by Gasteiger charge is 2.39. The predicted molar refractivity (Wildman–Crippen MR) is 102 cm³/mol. The van der Waals surface area contributed by atoms with Gasteiger partial charge in [-0.3, -0.25) is 4.79 Å². The van der Waals surface area contributed by atoms with Crippen LogP contribution in [0.4, 0.5) is 0 Å². The van der Waals surface area contributed by atoms with Gasteiger partial charge in [0.25, 0.3) is 0 Å². The Balaban J connectivity index is 2.35. The first kappa shape index (κ1) is 18.7. The first-order valence-electron chi connectivity index (χ1n) is 8.51. The van der Waals surface area contributed by atoms with Crippen molar-refractivity contribution in [3.63, 3.8) is 0 Å². The van der Waals surface area contributed by atoms with Crippen molar-refractivity contribution in [2.75, 3.05) is 11.9 Å². The van der Waals surface area contributed by atoms with Gasteiger partial charge in [0.2, 0.25) is 0 Å². The van der Waals surface area contributed by atoms with Crippen LogP contribution in [-0.2, 0) is 22.4 Å². The summed E-state index contributed by atoms with van der Waals surface area (Å²) in [6.45, 7) is 2.29. The van der Waals surface area contributed by atoms with Crippen molar-refractivity contribution in [1.82, 2.24) is 0 Å². The van der Waals surface area contributed by atoms with Crippen LogP contribution < -0.4 is 0 Å². The maximum atomic E-state index is 12.9. The Morgan fingerprint density at radius 1 is 0.958 bits per heavy atom. The van der Waals surface area contributed by atoms with Gasteiger partial charge in [0.1, 0.15) is 0 Å². The molecule has 3 heteroatoms. The molecule has 2 aromatic rings. The lowest BCUT2D eigenvalue weighted by Crippen LogP contribution is -2.37. The Morgan fingerprint density at radius 2 is 1.46 bits per heavy atom. The molecule has 2 nitrogen and oxygen atoms in total. The van der Waals surface area contributed by atoms with Gasteiger partial charge in [-0.2, -0.15) is 0 Å². The second kappa shape index (κ2) is 9.63. The van der Waals surface area contributed by atoms with E-state index in [1.807, 2.05) is 43.3 Å². The van der Waals surface area contributed by atoms with Crippen molar-refractivity contribution in [3.8, 4) is 0 Å². The molecule has 0 N–H and O–H groups in total. The van der Waals surface area contributed by atoms with Gasteiger partial charge in [-0.05, 0) is 43.7 Å². The molecule has 0 saturated carbocycles. The lowest BCUT2D eigenvalue weighted by molar-refractivity contribution is -0.156. The second-order valence-corrected chi connectivity index (χ2v) is 6.91. The third kappa shape index (κ3) is 5.20. The number of ether oxygens (including phenoxy) is 1. The number of carbonyl (C=O) groups excluding carboxylic acids is 1. The Labute approximate surface area is 153 Å². The molecular formula is C21H25BrO2. The summed E-state index contributed by atoms with van der Waals surface area (Å²) in [5.74, 6) is -0.0846. The summed E-state index contributed by atoms with van der Waals surface area (Å²) in [6.07, 6.45) is 3.16. The number of hydrogen-bond acceptors (Lipinski definition) is 2. The molecule has 0 saturated heterocycles. The van der Waals surface area contributed by atoms with Gasteiger partial charge in [0.05, 0.1) is 12.0 Å². The minimum Gasteiger partial charge on any atom is -0.466 e. The Kier molecular flexibility index (Phi) is 7.51. The minimum atomic E-state index is -0.521. The smallest absolute Gasteiger partial charge is 0.312 e. The van der Waals surface area contributed by atoms with E-state index in [9.17, 15) is 4.79 Å². The highest BCUT2D eigenvalue weighted by molar-refractivity contribution is 9.09. The molecule has 0 aromatic heterocycles. The van der Waals surface area contributed by atoms with Crippen LogP contribution >= 0.6 is 15.9 Å². The summed E-state index contributed by atoms with van der Waals surface area (Å²) in [4.78, 5) is 12.9. The van der Waals surface area contributed by atoms with Gasteiger partial charge in [-0.1, -0.05) is 76.6 Å². The molecule has 0 spiro atoms. The molecule has 0 atom stereocenters. The summed E-state index contributed by atoms with van der Waals surface area (Å²) in [5.41, 5.74) is 1.83. The number of carbonyl (C=O) groups is 1. The fraction of sp³-hybridized carbons (Fsp3) is 0.381. The van der Waals surface area contributed by atoms with E-state index in [0.717, 1.165) is 18.2 Å². The number of esters is 1. The molecule has 0 aliphatic carbocycles. The largest absolute Gasteiger partial charge is 0.466 e. The minimum absolute atomic E-state index is 0.0846. The zero-order valence-electron chi connectivity index (χ0n) is 14.2. The molecule has 128 valence electrons. The van der Waals surface area contributed by atoms with Gasteiger partial charge in [0, 0.05) is 5.33 Å². The Hall–Kier alpha value is -1.61. The van der Waals surface area contributed by atoms with Crippen LogP contribution in [-0.4, -0.2) is 17.9 Å². The number of halogens is 1. The molecule has 0 heterocycles. The number of benzene rings is 2. The van der Waals surface area contributed by atoms with Crippen molar-refractivity contribution >= 4 is 21.9 Å². The third-order valence-corrected chi connectivity index (χ3v) is 4.83. The summed E-state index contributed by atoms with van der Waals surface area (Å²) < 4.78 is 5.49. The first-order chi connectivity index (χ1) is 11.7. The molecule has 0 radical (unpaired) electrons. The average molecular weight is 389 g/mol. The number of alkyl halides is 1. The van der Waals surface area contributed by atoms with Crippen molar-refractivity contribution in [1.29, 1.82) is 0 Å². The number of hydrogen-bond donors (Lipinski definition) is 0. The van der Waals surface area contributed by atoms with E-state index in [-0.39, 0.29) is 5.97 Å². The van der Waals surface area contributed by atoms with Crippen molar-refractivity contribution in [2.45, 2.75) is 32.6 Å². The first-order valence-corrected chi connectivity index (χ1v) is 9.63. The lowest BCUT2D eigenvalue weighted by atomic mass is 9.73. The van der Waals surface area contributed by atoms with Crippen LogP contribution in [0.25, 0.3) is 0 Å². The molecule has 0 aliphatic heterocycles. The Bertz CT molecular complexity index is 569. The molecule has 0 unspecified atom stereocenters. The zero-order valence-corrected chi connectivity index (χ0v) is 15.8. The van der Waals surface area contributed by atoms with Gasteiger partial charge >= 0.3 is 5.97 Å². The fourth-order valence-electron chi connectivity index (χ4n) is 3.15. The van der Waals surface area contributed by atoms with E-state index < -0.39 is 5.41 Å². The van der Waals surface area contributed by atoms with Crippen LogP contribution in [0.2, 0.25) is 0 Å². The third-order valence-electron chi connectivity index (χ3n) is 4.27. The predicted octanol–water partition coefficient (Wildman–Crippen LogP) is 5.20. The van der Waals surface area contributed by atoms with E-state index in [1.165, 1.54) is 11.1 Å². The molecule has 0 fully saturated rings. The maximum absolute atomic E-state index is 12.9. The Morgan fingerprint density at radius 3 is 1.88 bits per heavy atom. The van der Waals surface area contributed by atoms with Crippen molar-refractivity contribution in [2.24, 2.45) is 5.41 Å². The molecule has 0 amide bonds. The van der Waals surface area contributed by atoms with E-state index in [2.05, 4.69) is 40.2 Å². The maximum Gasteiger partial charge on any atom is 0.312 e. The fourth-order valence-corrected chi connectivity index (χ4v) is 3.43. The van der Waals surface area contributed by atoms with Crippen LogP contribution in [0, 0.1) is 5.41 Å². The molecule has 2 rings (SSSR count). The summed E-state index contributed by atoms with van der Waals surface area (Å²) in [5, 5.41) is 0.887. The summed E-state index contributed by atoms with van der Waals surface area (Å²) in [7, 11) is 0. The van der Waals surface area contributed by atoms with Gasteiger partial charge in [-0.25, -0.2) is 0 Å². The summed E-state index contributed by atoms with van der Waals surface area (Å²) >= 11 is 3.51. The van der Waals surface area contributed by atoms with Gasteiger partial charge in [-0.15, -0.1) is 0 Å². The van der Waals surface area contributed by atoms with E-state index in [4.69, 9.17) is 4.74 Å².